The van der Waals surface area contributed by atoms with Gasteiger partial charge in [-0.3, -0.25) is 4.79 Å². The number of aromatic amines is 1. The Kier molecular flexibility index (Phi) is 4.49. The largest absolute Gasteiger partial charge is 0.377 e. The summed E-state index contributed by atoms with van der Waals surface area (Å²) in [6, 6.07) is 15.0. The van der Waals surface area contributed by atoms with Gasteiger partial charge < -0.3 is 19.5 Å². The first-order valence-corrected chi connectivity index (χ1v) is 9.13. The van der Waals surface area contributed by atoms with Gasteiger partial charge in [-0.25, -0.2) is 0 Å². The number of benzene rings is 1. The van der Waals surface area contributed by atoms with Gasteiger partial charge in [0.1, 0.15) is 5.82 Å². The molecule has 1 N–H and O–H groups in total. The Morgan fingerprint density at radius 3 is 2.76 bits per heavy atom. The molecule has 4 rings (SSSR count). The molecule has 0 saturated carbocycles. The molecule has 2 fully saturated rings. The predicted octanol–water partition coefficient (Wildman–Crippen LogP) is 2.94. The molecule has 25 heavy (non-hydrogen) atoms. The molecule has 2 saturated heterocycles. The molecule has 0 amide bonds. The van der Waals surface area contributed by atoms with Crippen LogP contribution in [-0.2, 0) is 4.74 Å². The van der Waals surface area contributed by atoms with Crippen LogP contribution in [0.5, 0.6) is 0 Å². The molecule has 2 aliphatic heterocycles. The summed E-state index contributed by atoms with van der Waals surface area (Å²) in [5, 5.41) is 0. The lowest BCUT2D eigenvalue weighted by Gasteiger charge is -2.36. The highest BCUT2D eigenvalue weighted by Gasteiger charge is 2.28. The maximum Gasteiger partial charge on any atom is 0.251 e. The van der Waals surface area contributed by atoms with Crippen LogP contribution in [0.25, 0.3) is 0 Å². The maximum atomic E-state index is 12.3. The Hall–Kier alpha value is -2.27. The van der Waals surface area contributed by atoms with Gasteiger partial charge in [-0.15, -0.1) is 0 Å². The number of hydrogen-bond acceptors (Lipinski definition) is 4. The van der Waals surface area contributed by atoms with E-state index in [9.17, 15) is 4.79 Å². The van der Waals surface area contributed by atoms with E-state index in [1.165, 1.54) is 5.56 Å². The molecule has 0 unspecified atom stereocenters. The number of aromatic nitrogens is 1. The lowest BCUT2D eigenvalue weighted by molar-refractivity contribution is 0.0989. The number of morpholine rings is 1. The number of anilines is 2. The van der Waals surface area contributed by atoms with Crippen LogP contribution < -0.4 is 15.4 Å². The van der Waals surface area contributed by atoms with Crippen molar-refractivity contribution in [3.05, 3.63) is 58.4 Å². The minimum absolute atomic E-state index is 0.0371. The van der Waals surface area contributed by atoms with Gasteiger partial charge >= 0.3 is 0 Å². The fourth-order valence-corrected chi connectivity index (χ4v) is 4.02. The minimum atomic E-state index is -0.0371. The zero-order valence-electron chi connectivity index (χ0n) is 14.6. The highest BCUT2D eigenvalue weighted by atomic mass is 16.5. The van der Waals surface area contributed by atoms with E-state index in [0.29, 0.717) is 19.3 Å². The Morgan fingerprint density at radius 1 is 1.12 bits per heavy atom. The summed E-state index contributed by atoms with van der Waals surface area (Å²) in [7, 11) is 0. The lowest BCUT2D eigenvalue weighted by Crippen LogP contribution is -2.44. The molecule has 3 heterocycles. The van der Waals surface area contributed by atoms with E-state index in [-0.39, 0.29) is 11.6 Å². The number of nitrogens with one attached hydrogen (secondary N) is 1. The van der Waals surface area contributed by atoms with Crippen LogP contribution in [0.3, 0.4) is 0 Å². The average Bonchev–Trinajstić information content (AvgIpc) is 3.12. The first-order chi connectivity index (χ1) is 12.2. The molecule has 2 aromatic rings. The molecule has 0 spiro atoms. The van der Waals surface area contributed by atoms with Gasteiger partial charge in [-0.05, 0) is 25.3 Å². The van der Waals surface area contributed by atoms with Gasteiger partial charge in [0, 0.05) is 37.0 Å². The highest BCUT2D eigenvalue weighted by Crippen LogP contribution is 2.36. The van der Waals surface area contributed by atoms with Crippen molar-refractivity contribution >= 4 is 11.5 Å². The molecule has 2 atom stereocenters. The van der Waals surface area contributed by atoms with Crippen molar-refractivity contribution in [2.45, 2.75) is 31.8 Å². The van der Waals surface area contributed by atoms with Gasteiger partial charge in [0.25, 0.3) is 5.56 Å². The van der Waals surface area contributed by atoms with Gasteiger partial charge in [0.15, 0.2) is 0 Å². The number of hydrogen-bond donors (Lipinski definition) is 1. The first-order valence-electron chi connectivity index (χ1n) is 9.13. The Bertz CT molecular complexity index is 774. The van der Waals surface area contributed by atoms with Crippen molar-refractivity contribution in [1.82, 2.24) is 4.98 Å². The summed E-state index contributed by atoms with van der Waals surface area (Å²) in [4.78, 5) is 20.0. The number of pyridine rings is 1. The normalized spacial score (nSPS) is 23.9. The van der Waals surface area contributed by atoms with Crippen LogP contribution in [-0.4, -0.2) is 37.3 Å². The Labute approximate surface area is 148 Å². The molecule has 0 radical (unpaired) electrons. The number of H-pyrrole nitrogens is 1. The zero-order chi connectivity index (χ0) is 17.2. The molecule has 2 aliphatic rings. The van der Waals surface area contributed by atoms with Crippen LogP contribution in [0.4, 0.5) is 11.5 Å². The van der Waals surface area contributed by atoms with Crippen LogP contribution in [0.1, 0.15) is 31.4 Å². The van der Waals surface area contributed by atoms with Crippen LogP contribution in [0, 0.1) is 0 Å². The summed E-state index contributed by atoms with van der Waals surface area (Å²) >= 11 is 0. The summed E-state index contributed by atoms with van der Waals surface area (Å²) in [6.45, 7) is 5.35. The molecule has 132 valence electrons. The average molecular weight is 339 g/mol. The smallest absolute Gasteiger partial charge is 0.251 e. The first kappa shape index (κ1) is 16.2. The summed E-state index contributed by atoms with van der Waals surface area (Å²) in [6.07, 6.45) is 2.25. The van der Waals surface area contributed by atoms with E-state index in [0.717, 1.165) is 37.4 Å². The lowest BCUT2D eigenvalue weighted by atomic mass is 10.0. The van der Waals surface area contributed by atoms with Gasteiger partial charge in [-0.1, -0.05) is 30.3 Å². The summed E-state index contributed by atoms with van der Waals surface area (Å²) in [5.41, 5.74) is 2.27. The third-order valence-electron chi connectivity index (χ3n) is 5.26. The van der Waals surface area contributed by atoms with Crippen molar-refractivity contribution in [1.29, 1.82) is 0 Å². The van der Waals surface area contributed by atoms with E-state index in [1.54, 1.807) is 6.07 Å². The maximum absolute atomic E-state index is 12.3. The fraction of sp³-hybridized carbons (Fsp3) is 0.450. The quantitative estimate of drug-likeness (QED) is 0.934. The van der Waals surface area contributed by atoms with Crippen LogP contribution in [0.15, 0.2) is 47.3 Å². The van der Waals surface area contributed by atoms with Crippen molar-refractivity contribution < 1.29 is 4.74 Å². The molecule has 1 aromatic carbocycles. The number of rotatable bonds is 3. The van der Waals surface area contributed by atoms with E-state index in [2.05, 4.69) is 52.0 Å². The molecule has 1 aromatic heterocycles. The van der Waals surface area contributed by atoms with Gasteiger partial charge in [0.2, 0.25) is 0 Å². The summed E-state index contributed by atoms with van der Waals surface area (Å²) in [5.74, 6) is 0.924. The summed E-state index contributed by atoms with van der Waals surface area (Å²) < 4.78 is 5.53. The van der Waals surface area contributed by atoms with Crippen molar-refractivity contribution in [2.75, 3.05) is 36.1 Å². The Balaban J connectivity index is 1.67. The molecule has 5 nitrogen and oxygen atoms in total. The number of nitrogens with zero attached hydrogens (tertiary/aromatic N) is 2. The van der Waals surface area contributed by atoms with Crippen molar-refractivity contribution in [3.63, 3.8) is 0 Å². The predicted molar refractivity (Wildman–Crippen MR) is 100 cm³/mol. The fourth-order valence-electron chi connectivity index (χ4n) is 4.02. The topological polar surface area (TPSA) is 48.6 Å². The molecule has 0 bridgehead atoms. The van der Waals surface area contributed by atoms with Crippen LogP contribution in [0.2, 0.25) is 0 Å². The van der Waals surface area contributed by atoms with Gasteiger partial charge in [-0.2, -0.15) is 0 Å². The van der Waals surface area contributed by atoms with Crippen LogP contribution >= 0.6 is 0 Å². The monoisotopic (exact) mass is 339 g/mol. The molecular formula is C20H25N3O2. The molecular weight excluding hydrogens is 314 g/mol. The SMILES string of the molecule is C[C@@H]1COCCN1c1cc(N2CCC[C@H]2c2ccccc2)[nH]c(=O)c1. The standard InChI is InChI=1S/C20H25N3O2/c1-15-14-25-11-10-22(15)17-12-19(21-20(24)13-17)23-9-5-8-18(23)16-6-3-2-4-7-16/h2-4,6-7,12-13,15,18H,5,8-11,14H2,1H3,(H,21,24)/t15-,18+/m1/s1. The van der Waals surface area contributed by atoms with Crippen molar-refractivity contribution in [2.24, 2.45) is 0 Å². The molecule has 5 heteroatoms. The molecule has 0 aliphatic carbocycles. The minimum Gasteiger partial charge on any atom is -0.377 e. The highest BCUT2D eigenvalue weighted by molar-refractivity contribution is 5.57. The van der Waals surface area contributed by atoms with Gasteiger partial charge in [0.05, 0.1) is 19.3 Å². The van der Waals surface area contributed by atoms with E-state index in [4.69, 9.17) is 4.74 Å². The third kappa shape index (κ3) is 3.29. The van der Waals surface area contributed by atoms with E-state index < -0.39 is 0 Å². The van der Waals surface area contributed by atoms with Crippen molar-refractivity contribution in [3.8, 4) is 0 Å². The second-order valence-electron chi connectivity index (χ2n) is 6.97. The van der Waals surface area contributed by atoms with E-state index >= 15 is 0 Å². The Morgan fingerprint density at radius 2 is 1.96 bits per heavy atom. The second kappa shape index (κ2) is 6.92. The zero-order valence-corrected chi connectivity index (χ0v) is 14.6. The van der Waals surface area contributed by atoms with E-state index in [1.807, 2.05) is 6.07 Å². The third-order valence-corrected chi connectivity index (χ3v) is 5.26. The number of ether oxygens (including phenoxy) is 1. The second-order valence-corrected chi connectivity index (χ2v) is 6.97.